The van der Waals surface area contributed by atoms with E-state index >= 15 is 0 Å². The fraction of sp³-hybridized carbons (Fsp3) is 0.818. The summed E-state index contributed by atoms with van der Waals surface area (Å²) in [6, 6.07) is 0. The van der Waals surface area contributed by atoms with Crippen LogP contribution in [0.4, 0.5) is 0 Å². The van der Waals surface area contributed by atoms with E-state index in [1.54, 1.807) is 0 Å². The lowest BCUT2D eigenvalue weighted by Crippen LogP contribution is -2.31. The van der Waals surface area contributed by atoms with Gasteiger partial charge in [-0.3, -0.25) is 0 Å². The van der Waals surface area contributed by atoms with Gasteiger partial charge in [-0.15, -0.1) is 0 Å². The maximum absolute atomic E-state index is 9.67. The van der Waals surface area contributed by atoms with E-state index in [0.29, 0.717) is 0 Å². The van der Waals surface area contributed by atoms with Gasteiger partial charge in [0.1, 0.15) is 0 Å². The Morgan fingerprint density at radius 2 is 2.00 bits per heavy atom. The van der Waals surface area contributed by atoms with E-state index in [1.807, 2.05) is 6.08 Å². The molecule has 2 nitrogen and oxygen atoms in total. The molecule has 0 fully saturated rings. The topological polar surface area (TPSA) is 29.5 Å². The van der Waals surface area contributed by atoms with E-state index in [-0.39, 0.29) is 11.5 Å². The quantitative estimate of drug-likeness (QED) is 0.716. The summed E-state index contributed by atoms with van der Waals surface area (Å²) in [6.07, 6.45) is 3.34. The first-order valence-electron chi connectivity index (χ1n) is 5.26. The summed E-state index contributed by atoms with van der Waals surface area (Å²) in [4.78, 5) is 0. The Balaban J connectivity index is 2.70. The molecule has 1 atom stereocenters. The Kier molecular flexibility index (Phi) is 3.12. The average molecular weight is 214 g/mol. The zero-order chi connectivity index (χ0) is 11.0. The summed E-state index contributed by atoms with van der Waals surface area (Å²) in [6.45, 7) is 10.9. The summed E-state index contributed by atoms with van der Waals surface area (Å²) in [5, 5.41) is 9.67. The van der Waals surface area contributed by atoms with Crippen molar-refractivity contribution in [3.63, 3.8) is 0 Å². The van der Waals surface area contributed by atoms with Gasteiger partial charge in [0, 0.05) is 6.42 Å². The number of hydrogen-bond donors (Lipinski definition) is 1. The van der Waals surface area contributed by atoms with Crippen LogP contribution in [0.2, 0.25) is 19.6 Å². The highest BCUT2D eigenvalue weighted by molar-refractivity contribution is 6.70. The van der Waals surface area contributed by atoms with Gasteiger partial charge in [-0.05, 0) is 37.6 Å². The Hall–Kier alpha value is -0.283. The van der Waals surface area contributed by atoms with Gasteiger partial charge in [0.25, 0.3) is 0 Å². The maximum Gasteiger partial charge on any atom is 0.241 e. The van der Waals surface area contributed by atoms with Gasteiger partial charge in [0.15, 0.2) is 0 Å². The first-order valence-corrected chi connectivity index (χ1v) is 8.67. The van der Waals surface area contributed by atoms with Crippen LogP contribution in [0, 0.1) is 5.41 Å². The molecular formula is C11H22O2Si. The van der Waals surface area contributed by atoms with E-state index in [1.165, 1.54) is 0 Å². The summed E-state index contributed by atoms with van der Waals surface area (Å²) < 4.78 is 5.92. The van der Waals surface area contributed by atoms with Crippen molar-refractivity contribution in [2.75, 3.05) is 0 Å². The third-order valence-corrected chi connectivity index (χ3v) is 3.10. The molecule has 82 valence electrons. The van der Waals surface area contributed by atoms with Gasteiger partial charge >= 0.3 is 0 Å². The molecule has 0 spiro atoms. The van der Waals surface area contributed by atoms with Crippen LogP contribution in [0.3, 0.4) is 0 Å². The van der Waals surface area contributed by atoms with Gasteiger partial charge in [-0.25, -0.2) is 0 Å². The molecule has 0 aromatic carbocycles. The van der Waals surface area contributed by atoms with Crippen molar-refractivity contribution in [3.8, 4) is 0 Å². The molecule has 14 heavy (non-hydrogen) atoms. The first-order chi connectivity index (χ1) is 6.18. The van der Waals surface area contributed by atoms with Gasteiger partial charge in [0.2, 0.25) is 8.32 Å². The van der Waals surface area contributed by atoms with Gasteiger partial charge < -0.3 is 9.53 Å². The fourth-order valence-electron chi connectivity index (χ4n) is 1.91. The standard InChI is InChI=1S/C11H22O2Si/c1-11(2)7-9(12)6-10(8-11)13-14(3,4)5/h6,9,12H,7-8H2,1-5H3. The van der Waals surface area contributed by atoms with Crippen LogP contribution >= 0.6 is 0 Å². The Morgan fingerprint density at radius 3 is 2.43 bits per heavy atom. The van der Waals surface area contributed by atoms with E-state index < -0.39 is 8.32 Å². The number of hydrogen-bond acceptors (Lipinski definition) is 2. The lowest BCUT2D eigenvalue weighted by molar-refractivity contribution is 0.122. The zero-order valence-electron chi connectivity index (χ0n) is 9.92. The predicted molar refractivity (Wildman–Crippen MR) is 61.5 cm³/mol. The normalized spacial score (nSPS) is 27.0. The van der Waals surface area contributed by atoms with Gasteiger partial charge in [-0.2, -0.15) is 0 Å². The molecular weight excluding hydrogens is 192 g/mol. The minimum absolute atomic E-state index is 0.170. The van der Waals surface area contributed by atoms with Gasteiger partial charge in [0.05, 0.1) is 11.9 Å². The van der Waals surface area contributed by atoms with Crippen molar-refractivity contribution in [1.82, 2.24) is 0 Å². The monoisotopic (exact) mass is 214 g/mol. The molecule has 0 heterocycles. The molecule has 0 saturated heterocycles. The van der Waals surface area contributed by atoms with Crippen LogP contribution in [0.25, 0.3) is 0 Å². The molecule has 3 heteroatoms. The van der Waals surface area contributed by atoms with E-state index in [9.17, 15) is 5.11 Å². The fourth-order valence-corrected chi connectivity index (χ4v) is 2.83. The molecule has 1 unspecified atom stereocenters. The third kappa shape index (κ3) is 3.84. The maximum atomic E-state index is 9.67. The number of allylic oxidation sites excluding steroid dienone is 1. The molecule has 0 aromatic heterocycles. The highest BCUT2D eigenvalue weighted by Crippen LogP contribution is 2.36. The molecule has 1 aliphatic rings. The molecule has 1 N–H and O–H groups in total. The molecule has 0 bridgehead atoms. The largest absolute Gasteiger partial charge is 0.547 e. The van der Waals surface area contributed by atoms with Crippen molar-refractivity contribution in [2.45, 2.75) is 52.4 Å². The lowest BCUT2D eigenvalue weighted by atomic mass is 9.79. The Labute approximate surface area is 88.1 Å². The molecule has 0 amide bonds. The van der Waals surface area contributed by atoms with Crippen molar-refractivity contribution in [3.05, 3.63) is 11.8 Å². The van der Waals surface area contributed by atoms with Crippen LogP contribution in [0.1, 0.15) is 26.7 Å². The zero-order valence-corrected chi connectivity index (χ0v) is 10.9. The summed E-state index contributed by atoms with van der Waals surface area (Å²) >= 11 is 0. The molecule has 0 aromatic rings. The highest BCUT2D eigenvalue weighted by Gasteiger charge is 2.30. The number of aliphatic hydroxyl groups is 1. The van der Waals surface area contributed by atoms with Gasteiger partial charge in [-0.1, -0.05) is 13.8 Å². The SMILES string of the molecule is CC1(C)CC(O[Si](C)(C)C)=CC(O)C1. The minimum Gasteiger partial charge on any atom is -0.547 e. The predicted octanol–water partition coefficient (Wildman–Crippen LogP) is 2.90. The van der Waals surface area contributed by atoms with Crippen LogP contribution in [0.5, 0.6) is 0 Å². The number of rotatable bonds is 2. The summed E-state index contributed by atoms with van der Waals surface area (Å²) in [5.74, 6) is 0.993. The van der Waals surface area contributed by atoms with E-state index in [2.05, 4.69) is 33.5 Å². The molecule has 1 rings (SSSR count). The van der Waals surface area contributed by atoms with Crippen molar-refractivity contribution >= 4 is 8.32 Å². The second-order valence-corrected chi connectivity index (χ2v) is 10.4. The smallest absolute Gasteiger partial charge is 0.241 e. The van der Waals surface area contributed by atoms with Crippen LogP contribution < -0.4 is 0 Å². The summed E-state index contributed by atoms with van der Waals surface area (Å²) in [5.41, 5.74) is 0.170. The van der Waals surface area contributed by atoms with Crippen LogP contribution in [-0.4, -0.2) is 19.5 Å². The minimum atomic E-state index is -1.52. The summed E-state index contributed by atoms with van der Waals surface area (Å²) in [7, 11) is -1.52. The van der Waals surface area contributed by atoms with Crippen LogP contribution in [0.15, 0.2) is 11.8 Å². The van der Waals surface area contributed by atoms with Crippen molar-refractivity contribution < 1.29 is 9.53 Å². The molecule has 1 aliphatic carbocycles. The second-order valence-electron chi connectivity index (χ2n) is 5.96. The lowest BCUT2D eigenvalue weighted by Gasteiger charge is -2.34. The van der Waals surface area contributed by atoms with Crippen molar-refractivity contribution in [1.29, 1.82) is 0 Å². The van der Waals surface area contributed by atoms with E-state index in [0.717, 1.165) is 18.6 Å². The highest BCUT2D eigenvalue weighted by atomic mass is 28.4. The Bertz CT molecular complexity index is 238. The second kappa shape index (κ2) is 3.70. The van der Waals surface area contributed by atoms with Crippen molar-refractivity contribution in [2.24, 2.45) is 5.41 Å². The molecule has 0 saturated carbocycles. The molecule has 0 aliphatic heterocycles. The van der Waals surface area contributed by atoms with Crippen LogP contribution in [-0.2, 0) is 4.43 Å². The molecule has 0 radical (unpaired) electrons. The Morgan fingerprint density at radius 1 is 1.43 bits per heavy atom. The van der Waals surface area contributed by atoms with E-state index in [4.69, 9.17) is 4.43 Å². The first kappa shape index (κ1) is 11.8. The third-order valence-electron chi connectivity index (χ3n) is 2.23. The average Bonchev–Trinajstić information content (AvgIpc) is 1.74. The number of aliphatic hydroxyl groups excluding tert-OH is 1.